The Hall–Kier alpha value is -2.75. The van der Waals surface area contributed by atoms with E-state index in [9.17, 15) is 9.90 Å². The molecule has 0 aliphatic carbocycles. The van der Waals surface area contributed by atoms with Crippen LogP contribution in [0, 0.1) is 13.8 Å². The number of aromatic hydroxyl groups is 1. The largest absolute Gasteiger partial charge is 0.507 e. The quantitative estimate of drug-likeness (QED) is 0.489. The van der Waals surface area contributed by atoms with Gasteiger partial charge in [-0.25, -0.2) is 0 Å². The topological polar surface area (TPSA) is 72.6 Å². The van der Waals surface area contributed by atoms with E-state index in [1.54, 1.807) is 37.3 Å². The Labute approximate surface area is 142 Å². The zero-order valence-corrected chi connectivity index (χ0v) is 14.5. The molecule has 2 rings (SSSR count). The van der Waals surface area contributed by atoms with Crippen molar-refractivity contribution < 1.29 is 14.6 Å². The Balaban J connectivity index is 2.37. The number of phenolic OH excluding ortho intramolecular Hbond substituents is 1. The van der Waals surface area contributed by atoms with Crippen LogP contribution in [0.5, 0.6) is 11.5 Å². The van der Waals surface area contributed by atoms with E-state index in [1.165, 1.54) is 6.08 Å². The molecule has 24 heavy (non-hydrogen) atoms. The van der Waals surface area contributed by atoms with Crippen molar-refractivity contribution in [1.29, 1.82) is 0 Å². The molecular weight excluding hydrogens is 302 g/mol. The fourth-order valence-corrected chi connectivity index (χ4v) is 2.41. The fourth-order valence-electron chi connectivity index (χ4n) is 2.41. The highest BCUT2D eigenvalue weighted by atomic mass is 16.5. The van der Waals surface area contributed by atoms with Crippen LogP contribution in [0.3, 0.4) is 0 Å². The molecule has 0 bridgehead atoms. The van der Waals surface area contributed by atoms with Crippen molar-refractivity contribution in [3.8, 4) is 11.5 Å². The molecule has 0 atom stereocenters. The summed E-state index contributed by atoms with van der Waals surface area (Å²) in [5.41, 5.74) is 9.00. The van der Waals surface area contributed by atoms with Crippen LogP contribution in [0.25, 0.3) is 6.08 Å². The summed E-state index contributed by atoms with van der Waals surface area (Å²) in [5, 5.41) is 10.1. The summed E-state index contributed by atoms with van der Waals surface area (Å²) < 4.78 is 5.83. The monoisotopic (exact) mass is 325 g/mol. The summed E-state index contributed by atoms with van der Waals surface area (Å²) in [6.07, 6.45) is 3.19. The Kier molecular flexibility index (Phi) is 5.29. The molecule has 3 N–H and O–H groups in total. The highest BCUT2D eigenvalue weighted by Crippen LogP contribution is 2.35. The molecule has 4 nitrogen and oxygen atoms in total. The molecule has 126 valence electrons. The first kappa shape index (κ1) is 17.6. The molecule has 0 saturated heterocycles. The number of hydrogen-bond acceptors (Lipinski definition) is 4. The maximum absolute atomic E-state index is 12.3. The summed E-state index contributed by atoms with van der Waals surface area (Å²) in [6, 6.07) is 8.60. The van der Waals surface area contributed by atoms with Gasteiger partial charge in [-0.05, 0) is 75.7 Å². The minimum absolute atomic E-state index is 0.0363. The van der Waals surface area contributed by atoms with Gasteiger partial charge in [0.2, 0.25) is 0 Å². The van der Waals surface area contributed by atoms with Gasteiger partial charge in [-0.15, -0.1) is 0 Å². The lowest BCUT2D eigenvalue weighted by molar-refractivity contribution is 0.104. The van der Waals surface area contributed by atoms with Gasteiger partial charge in [-0.3, -0.25) is 4.79 Å². The van der Waals surface area contributed by atoms with Gasteiger partial charge in [0.25, 0.3) is 0 Å². The molecule has 0 spiro atoms. The number of carbonyl (C=O) groups is 1. The lowest BCUT2D eigenvalue weighted by Crippen LogP contribution is -2.08. The van der Waals surface area contributed by atoms with Crippen LogP contribution in [0.15, 0.2) is 36.4 Å². The first-order valence-electron chi connectivity index (χ1n) is 7.87. The van der Waals surface area contributed by atoms with E-state index < -0.39 is 0 Å². The predicted molar refractivity (Wildman–Crippen MR) is 97.6 cm³/mol. The lowest BCUT2D eigenvalue weighted by Gasteiger charge is -2.17. The van der Waals surface area contributed by atoms with Gasteiger partial charge >= 0.3 is 0 Å². The van der Waals surface area contributed by atoms with Crippen LogP contribution in [-0.2, 0) is 0 Å². The minimum atomic E-state index is -0.117. The lowest BCUT2D eigenvalue weighted by atomic mass is 10.0. The van der Waals surface area contributed by atoms with Gasteiger partial charge in [0.15, 0.2) is 5.78 Å². The number of nitrogens with two attached hydrogens (primary N) is 1. The summed E-state index contributed by atoms with van der Waals surface area (Å²) in [4.78, 5) is 12.3. The Morgan fingerprint density at radius 3 is 2.42 bits per heavy atom. The maximum Gasteiger partial charge on any atom is 0.185 e. The van der Waals surface area contributed by atoms with Crippen molar-refractivity contribution >= 4 is 17.5 Å². The molecule has 4 heteroatoms. The second-order valence-corrected chi connectivity index (χ2v) is 6.07. The second kappa shape index (κ2) is 7.21. The second-order valence-electron chi connectivity index (χ2n) is 6.07. The molecule has 0 amide bonds. The average Bonchev–Trinajstić information content (AvgIpc) is 2.54. The number of anilines is 1. The van der Waals surface area contributed by atoms with Crippen molar-refractivity contribution in [1.82, 2.24) is 0 Å². The third-order valence-corrected chi connectivity index (χ3v) is 3.67. The smallest absolute Gasteiger partial charge is 0.185 e. The van der Waals surface area contributed by atoms with E-state index in [-0.39, 0.29) is 17.6 Å². The van der Waals surface area contributed by atoms with Crippen LogP contribution in [0.1, 0.15) is 40.9 Å². The zero-order valence-electron chi connectivity index (χ0n) is 14.5. The number of ketones is 1. The molecular formula is C20H23NO3. The van der Waals surface area contributed by atoms with E-state index in [0.717, 1.165) is 11.1 Å². The summed E-state index contributed by atoms with van der Waals surface area (Å²) in [6.45, 7) is 7.46. The SMILES string of the molecule is Cc1cc(/C=C/C(=O)c2ccc(N)cc2)c(OC(C)C)c(C)c1O. The number of carbonyl (C=O) groups excluding carboxylic acids is 1. The van der Waals surface area contributed by atoms with Crippen molar-refractivity contribution in [2.75, 3.05) is 5.73 Å². The predicted octanol–water partition coefficient (Wildman–Crippen LogP) is 4.27. The standard InChI is InChI=1S/C20H23NO3/c1-12(2)24-20-14(4)19(23)13(3)11-16(20)7-10-18(22)15-5-8-17(21)9-6-15/h5-12,23H,21H2,1-4H3/b10-7+. The van der Waals surface area contributed by atoms with Crippen molar-refractivity contribution in [3.63, 3.8) is 0 Å². The number of aryl methyl sites for hydroxylation is 1. The third-order valence-electron chi connectivity index (χ3n) is 3.67. The normalized spacial score (nSPS) is 11.2. The molecule has 0 fully saturated rings. The van der Waals surface area contributed by atoms with E-state index in [0.29, 0.717) is 22.6 Å². The molecule has 0 aliphatic rings. The highest BCUT2D eigenvalue weighted by Gasteiger charge is 2.14. The first-order valence-corrected chi connectivity index (χ1v) is 7.87. The van der Waals surface area contributed by atoms with Gasteiger partial charge in [0.05, 0.1) is 6.10 Å². The molecule has 0 aliphatic heterocycles. The molecule has 0 unspecified atom stereocenters. The van der Waals surface area contributed by atoms with Crippen LogP contribution in [-0.4, -0.2) is 17.0 Å². The van der Waals surface area contributed by atoms with Gasteiger partial charge in [0, 0.05) is 22.4 Å². The number of phenols is 1. The van der Waals surface area contributed by atoms with Gasteiger partial charge < -0.3 is 15.6 Å². The molecule has 0 radical (unpaired) electrons. The molecule has 0 aromatic heterocycles. The van der Waals surface area contributed by atoms with E-state index in [4.69, 9.17) is 10.5 Å². The number of rotatable bonds is 5. The Morgan fingerprint density at radius 1 is 1.21 bits per heavy atom. The number of hydrogen-bond donors (Lipinski definition) is 2. The van der Waals surface area contributed by atoms with Gasteiger partial charge in [-0.2, -0.15) is 0 Å². The number of ether oxygens (including phenoxy) is 1. The third kappa shape index (κ3) is 3.96. The molecule has 0 heterocycles. The Morgan fingerprint density at radius 2 is 1.83 bits per heavy atom. The number of benzene rings is 2. The number of nitrogen functional groups attached to an aromatic ring is 1. The number of allylic oxidation sites excluding steroid dienone is 1. The van der Waals surface area contributed by atoms with E-state index in [2.05, 4.69) is 0 Å². The summed E-state index contributed by atoms with van der Waals surface area (Å²) >= 11 is 0. The molecule has 2 aromatic carbocycles. The zero-order chi connectivity index (χ0) is 17.9. The molecule has 2 aromatic rings. The van der Waals surface area contributed by atoms with Crippen molar-refractivity contribution in [3.05, 3.63) is 58.7 Å². The van der Waals surface area contributed by atoms with Crippen LogP contribution >= 0.6 is 0 Å². The molecule has 0 saturated carbocycles. The highest BCUT2D eigenvalue weighted by molar-refractivity contribution is 6.07. The van der Waals surface area contributed by atoms with Crippen LogP contribution < -0.4 is 10.5 Å². The maximum atomic E-state index is 12.3. The van der Waals surface area contributed by atoms with Gasteiger partial charge in [0.1, 0.15) is 11.5 Å². The fraction of sp³-hybridized carbons (Fsp3) is 0.250. The first-order chi connectivity index (χ1) is 11.3. The average molecular weight is 325 g/mol. The van der Waals surface area contributed by atoms with Crippen LogP contribution in [0.2, 0.25) is 0 Å². The Bertz CT molecular complexity index is 774. The van der Waals surface area contributed by atoms with E-state index in [1.807, 2.05) is 26.8 Å². The van der Waals surface area contributed by atoms with E-state index >= 15 is 0 Å². The van der Waals surface area contributed by atoms with Crippen molar-refractivity contribution in [2.45, 2.75) is 33.8 Å². The summed E-state index contributed by atoms with van der Waals surface area (Å²) in [7, 11) is 0. The van der Waals surface area contributed by atoms with Gasteiger partial charge in [-0.1, -0.05) is 0 Å². The summed E-state index contributed by atoms with van der Waals surface area (Å²) in [5.74, 6) is 0.691. The van der Waals surface area contributed by atoms with Crippen molar-refractivity contribution in [2.24, 2.45) is 0 Å². The minimum Gasteiger partial charge on any atom is -0.507 e. The van der Waals surface area contributed by atoms with Crippen LogP contribution in [0.4, 0.5) is 5.69 Å².